The number of cyclic esters (lactones) is 1. The molecule has 5 heteroatoms. The zero-order valence-electron chi connectivity index (χ0n) is 10.6. The standard InChI is InChI=1S/C13H14N2O3/c1-8-9(2)11(6-5-10(8)14-3)15-12(17-4)7-18-13(15)16/h5-6,12H,7H2,1-2,4H3/t12-/m0/s1. The number of nitrogens with zero attached hydrogens (tertiary/aromatic N) is 2. The van der Waals surface area contributed by atoms with Crippen LogP contribution in [0.4, 0.5) is 16.2 Å². The van der Waals surface area contributed by atoms with E-state index in [4.69, 9.17) is 16.0 Å². The van der Waals surface area contributed by atoms with E-state index < -0.39 is 12.3 Å². The zero-order valence-corrected chi connectivity index (χ0v) is 10.6. The van der Waals surface area contributed by atoms with Crippen molar-refractivity contribution in [3.63, 3.8) is 0 Å². The van der Waals surface area contributed by atoms with E-state index in [9.17, 15) is 4.79 Å². The molecule has 2 rings (SSSR count). The minimum absolute atomic E-state index is 0.221. The lowest BCUT2D eigenvalue weighted by Crippen LogP contribution is -2.35. The Morgan fingerprint density at radius 2 is 2.17 bits per heavy atom. The van der Waals surface area contributed by atoms with Gasteiger partial charge in [-0.1, -0.05) is 6.07 Å². The molecule has 0 N–H and O–H groups in total. The number of anilines is 1. The predicted octanol–water partition coefficient (Wildman–Crippen LogP) is 2.78. The van der Waals surface area contributed by atoms with Gasteiger partial charge in [-0.25, -0.2) is 14.5 Å². The van der Waals surface area contributed by atoms with Crippen molar-refractivity contribution in [2.24, 2.45) is 0 Å². The van der Waals surface area contributed by atoms with Crippen LogP contribution in [0.5, 0.6) is 0 Å². The highest BCUT2D eigenvalue weighted by Crippen LogP contribution is 2.33. The molecule has 1 saturated heterocycles. The summed E-state index contributed by atoms with van der Waals surface area (Å²) in [5.41, 5.74) is 3.09. The molecule has 18 heavy (non-hydrogen) atoms. The van der Waals surface area contributed by atoms with Gasteiger partial charge < -0.3 is 9.47 Å². The highest BCUT2D eigenvalue weighted by Gasteiger charge is 2.35. The Bertz CT molecular complexity index is 534. The second-order valence-electron chi connectivity index (χ2n) is 4.10. The molecule has 1 aromatic rings. The molecule has 1 atom stereocenters. The molecule has 1 aromatic carbocycles. The Morgan fingerprint density at radius 3 is 2.78 bits per heavy atom. The fraction of sp³-hybridized carbons (Fsp3) is 0.385. The summed E-state index contributed by atoms with van der Waals surface area (Å²) in [7, 11) is 1.54. The van der Waals surface area contributed by atoms with Crippen molar-refractivity contribution in [1.29, 1.82) is 0 Å². The summed E-state index contributed by atoms with van der Waals surface area (Å²) in [6.07, 6.45) is -0.825. The largest absolute Gasteiger partial charge is 0.444 e. The number of carbonyl (C=O) groups is 1. The highest BCUT2D eigenvalue weighted by atomic mass is 16.6. The maximum atomic E-state index is 11.7. The first kappa shape index (κ1) is 12.4. The van der Waals surface area contributed by atoms with E-state index in [1.807, 2.05) is 13.8 Å². The lowest BCUT2D eigenvalue weighted by Gasteiger charge is -2.23. The fourth-order valence-electron chi connectivity index (χ4n) is 2.01. The molecule has 1 heterocycles. The maximum absolute atomic E-state index is 11.7. The third kappa shape index (κ3) is 1.81. The van der Waals surface area contributed by atoms with Crippen LogP contribution >= 0.6 is 0 Å². The van der Waals surface area contributed by atoms with Crippen molar-refractivity contribution in [1.82, 2.24) is 0 Å². The van der Waals surface area contributed by atoms with E-state index in [1.54, 1.807) is 12.1 Å². The molecule has 1 amide bonds. The topological polar surface area (TPSA) is 43.1 Å². The van der Waals surface area contributed by atoms with Gasteiger partial charge in [-0.3, -0.25) is 0 Å². The van der Waals surface area contributed by atoms with Crippen molar-refractivity contribution in [3.8, 4) is 0 Å². The monoisotopic (exact) mass is 246 g/mol. The normalized spacial score (nSPS) is 18.7. The number of hydrogen-bond acceptors (Lipinski definition) is 3. The van der Waals surface area contributed by atoms with Crippen LogP contribution in [0.25, 0.3) is 4.85 Å². The Labute approximate surface area is 106 Å². The van der Waals surface area contributed by atoms with E-state index in [2.05, 4.69) is 4.85 Å². The van der Waals surface area contributed by atoms with E-state index in [0.29, 0.717) is 5.69 Å². The molecule has 0 spiro atoms. The fourth-order valence-corrected chi connectivity index (χ4v) is 2.01. The second kappa shape index (κ2) is 4.67. The Hall–Kier alpha value is -2.06. The van der Waals surface area contributed by atoms with Gasteiger partial charge in [0.2, 0.25) is 0 Å². The molecule has 0 saturated carbocycles. The van der Waals surface area contributed by atoms with Crippen molar-refractivity contribution >= 4 is 17.5 Å². The Balaban J connectivity index is 2.49. The summed E-state index contributed by atoms with van der Waals surface area (Å²) in [6.45, 7) is 11.0. The Kier molecular flexibility index (Phi) is 3.21. The summed E-state index contributed by atoms with van der Waals surface area (Å²) >= 11 is 0. The van der Waals surface area contributed by atoms with Crippen LogP contribution in [0.2, 0.25) is 0 Å². The molecule has 0 bridgehead atoms. The van der Waals surface area contributed by atoms with Crippen LogP contribution in [0.15, 0.2) is 12.1 Å². The zero-order chi connectivity index (χ0) is 13.3. The lowest BCUT2D eigenvalue weighted by molar-refractivity contribution is 0.0875. The summed E-state index contributed by atoms with van der Waals surface area (Å²) in [5.74, 6) is 0. The first-order valence-corrected chi connectivity index (χ1v) is 5.56. The highest BCUT2D eigenvalue weighted by molar-refractivity contribution is 5.91. The number of hydrogen-bond donors (Lipinski definition) is 0. The molecule has 1 aliphatic rings. The molecule has 0 aliphatic carbocycles. The summed E-state index contributed by atoms with van der Waals surface area (Å²) in [5, 5.41) is 0. The van der Waals surface area contributed by atoms with E-state index in [0.717, 1.165) is 16.8 Å². The molecule has 94 valence electrons. The maximum Gasteiger partial charge on any atom is 0.416 e. The molecular weight excluding hydrogens is 232 g/mol. The van der Waals surface area contributed by atoms with Gasteiger partial charge in [-0.2, -0.15) is 0 Å². The average molecular weight is 246 g/mol. The first-order chi connectivity index (χ1) is 8.60. The van der Waals surface area contributed by atoms with Crippen molar-refractivity contribution in [3.05, 3.63) is 34.7 Å². The average Bonchev–Trinajstić information content (AvgIpc) is 2.74. The minimum atomic E-state index is -0.417. The summed E-state index contributed by atoms with van der Waals surface area (Å²) in [4.78, 5) is 16.6. The van der Waals surface area contributed by atoms with E-state index >= 15 is 0 Å². The SMILES string of the molecule is [C-]#[N+]c1ccc(N2C(=O)OC[C@@H]2OC)c(C)c1C. The van der Waals surface area contributed by atoms with Crippen molar-refractivity contribution in [2.75, 3.05) is 18.6 Å². The molecule has 1 aliphatic heterocycles. The van der Waals surface area contributed by atoms with E-state index in [-0.39, 0.29) is 6.61 Å². The lowest BCUT2D eigenvalue weighted by atomic mass is 10.1. The van der Waals surface area contributed by atoms with Gasteiger partial charge in [-0.05, 0) is 31.0 Å². The third-order valence-electron chi connectivity index (χ3n) is 3.22. The summed E-state index contributed by atoms with van der Waals surface area (Å²) in [6, 6.07) is 3.47. The number of ether oxygens (including phenoxy) is 2. The molecular formula is C13H14N2O3. The van der Waals surface area contributed by atoms with Crippen molar-refractivity contribution in [2.45, 2.75) is 20.1 Å². The number of methoxy groups -OCH3 is 1. The number of carbonyl (C=O) groups excluding carboxylic acids is 1. The van der Waals surface area contributed by atoms with Gasteiger partial charge in [0.05, 0.1) is 12.3 Å². The van der Waals surface area contributed by atoms with E-state index in [1.165, 1.54) is 12.0 Å². The van der Waals surface area contributed by atoms with Gasteiger partial charge in [0.15, 0.2) is 11.9 Å². The number of benzene rings is 1. The van der Waals surface area contributed by atoms with Gasteiger partial charge in [0.1, 0.15) is 6.61 Å². The van der Waals surface area contributed by atoms with Gasteiger partial charge >= 0.3 is 6.09 Å². The van der Waals surface area contributed by atoms with Crippen LogP contribution < -0.4 is 4.90 Å². The quantitative estimate of drug-likeness (QED) is 0.753. The van der Waals surface area contributed by atoms with Crippen molar-refractivity contribution < 1.29 is 14.3 Å². The molecule has 0 unspecified atom stereocenters. The summed E-state index contributed by atoms with van der Waals surface area (Å²) < 4.78 is 10.2. The molecule has 5 nitrogen and oxygen atoms in total. The minimum Gasteiger partial charge on any atom is -0.444 e. The van der Waals surface area contributed by atoms with Gasteiger partial charge in [-0.15, -0.1) is 0 Å². The van der Waals surface area contributed by atoms with Crippen LogP contribution in [0, 0.1) is 20.4 Å². The number of rotatable bonds is 2. The smallest absolute Gasteiger partial charge is 0.416 e. The molecule has 0 radical (unpaired) electrons. The second-order valence-corrected chi connectivity index (χ2v) is 4.10. The first-order valence-electron chi connectivity index (χ1n) is 5.56. The molecule has 1 fully saturated rings. The van der Waals surface area contributed by atoms with Crippen LogP contribution in [0.3, 0.4) is 0 Å². The third-order valence-corrected chi connectivity index (χ3v) is 3.22. The number of amides is 1. The van der Waals surface area contributed by atoms with Gasteiger partial charge in [0.25, 0.3) is 0 Å². The molecule has 0 aromatic heterocycles. The Morgan fingerprint density at radius 1 is 1.44 bits per heavy atom. The van der Waals surface area contributed by atoms with Gasteiger partial charge in [0, 0.05) is 7.11 Å². The predicted molar refractivity (Wildman–Crippen MR) is 66.8 cm³/mol. The van der Waals surface area contributed by atoms with Crippen LogP contribution in [0.1, 0.15) is 11.1 Å². The van der Waals surface area contributed by atoms with Crippen LogP contribution in [-0.4, -0.2) is 26.0 Å². The van der Waals surface area contributed by atoms with Crippen LogP contribution in [-0.2, 0) is 9.47 Å².